The molecule has 0 fully saturated rings. The Balaban J connectivity index is 1.63. The number of H-pyrrole nitrogens is 1. The van der Waals surface area contributed by atoms with Crippen LogP contribution in [-0.2, 0) is 6.54 Å². The SMILES string of the molecule is C/C=C(/c1ccc(Cn2c(=O)[nH]c3cnc(-c4cccnc4OCC)nc32)cc1)N(C)/C=C(\N)C(F)(F)F. The number of nitrogens with one attached hydrogen (secondary N) is 1. The molecule has 9 nitrogen and oxygen atoms in total. The number of fused-ring (bicyclic) bond motifs is 1. The summed E-state index contributed by atoms with van der Waals surface area (Å²) in [6.07, 6.45) is 1.06. The molecule has 4 rings (SSSR count). The molecule has 0 saturated carbocycles. The molecule has 3 aromatic heterocycles. The lowest BCUT2D eigenvalue weighted by molar-refractivity contribution is -0.0934. The summed E-state index contributed by atoms with van der Waals surface area (Å²) in [6, 6.07) is 10.7. The maximum absolute atomic E-state index is 12.8. The molecule has 0 bridgehead atoms. The highest BCUT2D eigenvalue weighted by Crippen LogP contribution is 2.27. The van der Waals surface area contributed by atoms with E-state index in [4.69, 9.17) is 10.5 Å². The Hall–Kier alpha value is -4.61. The topological polar surface area (TPSA) is 115 Å². The van der Waals surface area contributed by atoms with Crippen molar-refractivity contribution >= 4 is 16.9 Å². The second-order valence-corrected chi connectivity index (χ2v) is 8.30. The van der Waals surface area contributed by atoms with Crippen molar-refractivity contribution in [3.05, 3.63) is 88.4 Å². The summed E-state index contributed by atoms with van der Waals surface area (Å²) in [6.45, 7) is 4.21. The average Bonchev–Trinajstić information content (AvgIpc) is 3.19. The zero-order chi connectivity index (χ0) is 27.4. The predicted molar refractivity (Wildman–Crippen MR) is 138 cm³/mol. The number of hydrogen-bond donors (Lipinski definition) is 2. The Labute approximate surface area is 216 Å². The molecule has 198 valence electrons. The van der Waals surface area contributed by atoms with Crippen LogP contribution in [0.15, 0.2) is 71.6 Å². The van der Waals surface area contributed by atoms with Gasteiger partial charge in [-0.1, -0.05) is 30.3 Å². The second kappa shape index (κ2) is 10.8. The quantitative estimate of drug-likeness (QED) is 0.353. The van der Waals surface area contributed by atoms with Gasteiger partial charge >= 0.3 is 11.9 Å². The van der Waals surface area contributed by atoms with E-state index in [1.165, 1.54) is 22.7 Å². The van der Waals surface area contributed by atoms with Crippen LogP contribution < -0.4 is 16.2 Å². The molecule has 0 aliphatic rings. The molecule has 3 N–H and O–H groups in total. The van der Waals surface area contributed by atoms with Crippen molar-refractivity contribution in [2.75, 3.05) is 13.7 Å². The van der Waals surface area contributed by atoms with Gasteiger partial charge in [-0.05, 0) is 37.1 Å². The van der Waals surface area contributed by atoms with E-state index in [0.29, 0.717) is 46.3 Å². The first-order valence-corrected chi connectivity index (χ1v) is 11.7. The second-order valence-electron chi connectivity index (χ2n) is 8.30. The van der Waals surface area contributed by atoms with Gasteiger partial charge in [0.05, 0.1) is 24.9 Å². The molecule has 0 aliphatic carbocycles. The summed E-state index contributed by atoms with van der Waals surface area (Å²) in [7, 11) is 1.49. The molecule has 3 heterocycles. The Kier molecular flexibility index (Phi) is 7.51. The van der Waals surface area contributed by atoms with Gasteiger partial charge in [-0.3, -0.25) is 4.57 Å². The number of pyridine rings is 1. The van der Waals surface area contributed by atoms with Crippen LogP contribution in [0.25, 0.3) is 28.2 Å². The highest BCUT2D eigenvalue weighted by Gasteiger charge is 2.32. The number of aromatic amines is 1. The van der Waals surface area contributed by atoms with E-state index < -0.39 is 11.9 Å². The van der Waals surface area contributed by atoms with E-state index in [1.54, 1.807) is 55.6 Å². The van der Waals surface area contributed by atoms with Gasteiger partial charge in [-0.25, -0.2) is 19.7 Å². The summed E-state index contributed by atoms with van der Waals surface area (Å²) in [5.74, 6) is 0.759. The molecule has 4 aromatic rings. The van der Waals surface area contributed by atoms with E-state index >= 15 is 0 Å². The van der Waals surface area contributed by atoms with Crippen LogP contribution in [0, 0.1) is 0 Å². The van der Waals surface area contributed by atoms with Crippen LogP contribution in [0.1, 0.15) is 25.0 Å². The lowest BCUT2D eigenvalue weighted by Gasteiger charge is -2.20. The third-order valence-corrected chi connectivity index (χ3v) is 5.71. The molecule has 0 aliphatic heterocycles. The third-order valence-electron chi connectivity index (χ3n) is 5.71. The summed E-state index contributed by atoms with van der Waals surface area (Å²) in [5, 5.41) is 0. The number of imidazole rings is 1. The Morgan fingerprint density at radius 2 is 1.95 bits per heavy atom. The average molecular weight is 526 g/mol. The first kappa shape index (κ1) is 26.5. The van der Waals surface area contributed by atoms with Gasteiger partial charge in [0.15, 0.2) is 11.5 Å². The molecular formula is C26H26F3N7O2. The number of alkyl halides is 3. The van der Waals surface area contributed by atoms with Gasteiger partial charge in [0.1, 0.15) is 11.2 Å². The van der Waals surface area contributed by atoms with E-state index in [2.05, 4.69) is 19.9 Å². The smallest absolute Gasteiger partial charge is 0.432 e. The number of aromatic nitrogens is 5. The minimum atomic E-state index is -4.62. The molecule has 0 radical (unpaired) electrons. The molecule has 12 heteroatoms. The van der Waals surface area contributed by atoms with Gasteiger partial charge in [-0.15, -0.1) is 0 Å². The fourth-order valence-corrected chi connectivity index (χ4v) is 3.92. The number of nitrogens with zero attached hydrogens (tertiary/aromatic N) is 5. The Bertz CT molecular complexity index is 1550. The van der Waals surface area contributed by atoms with Crippen molar-refractivity contribution in [1.29, 1.82) is 0 Å². The highest BCUT2D eigenvalue weighted by molar-refractivity contribution is 5.74. The van der Waals surface area contributed by atoms with E-state index in [-0.39, 0.29) is 12.2 Å². The van der Waals surface area contributed by atoms with Crippen molar-refractivity contribution in [2.24, 2.45) is 5.73 Å². The number of benzene rings is 1. The summed E-state index contributed by atoms with van der Waals surface area (Å²) in [4.78, 5) is 30.0. The molecule has 38 heavy (non-hydrogen) atoms. The van der Waals surface area contributed by atoms with Gasteiger partial charge in [0, 0.05) is 25.1 Å². The van der Waals surface area contributed by atoms with E-state index in [0.717, 1.165) is 11.8 Å². The lowest BCUT2D eigenvalue weighted by Crippen LogP contribution is -2.23. The molecule has 0 atom stereocenters. The fourth-order valence-electron chi connectivity index (χ4n) is 3.92. The van der Waals surface area contributed by atoms with Gasteiger partial charge in [-0.2, -0.15) is 13.2 Å². The molecule has 0 unspecified atom stereocenters. The summed E-state index contributed by atoms with van der Waals surface area (Å²) in [5.41, 5.74) is 7.11. The molecule has 0 spiro atoms. The maximum Gasteiger partial charge on any atom is 0.432 e. The lowest BCUT2D eigenvalue weighted by atomic mass is 10.1. The van der Waals surface area contributed by atoms with Crippen molar-refractivity contribution in [3.63, 3.8) is 0 Å². The standard InChI is InChI=1S/C26H26F3N7O2/c1-4-20(35(3)15-21(30)26(27,28)29)17-10-8-16(9-11-17)14-36-23-19(33-25(36)37)13-32-22(34-23)18-7-6-12-31-24(18)38-5-2/h4,6-13,15H,5,14,30H2,1-3H3,(H,33,37)/b20-4-,21-15-. The zero-order valence-electron chi connectivity index (χ0n) is 21.0. The minimum Gasteiger partial charge on any atom is -0.477 e. The Morgan fingerprint density at radius 1 is 1.21 bits per heavy atom. The largest absolute Gasteiger partial charge is 0.477 e. The van der Waals surface area contributed by atoms with Gasteiger partial charge < -0.3 is 20.4 Å². The molecule has 1 aromatic carbocycles. The first-order chi connectivity index (χ1) is 18.1. The third kappa shape index (κ3) is 5.53. The van der Waals surface area contributed by atoms with Crippen molar-refractivity contribution in [2.45, 2.75) is 26.6 Å². The molecular weight excluding hydrogens is 499 g/mol. The summed E-state index contributed by atoms with van der Waals surface area (Å²) >= 11 is 0. The number of hydrogen-bond acceptors (Lipinski definition) is 7. The Morgan fingerprint density at radius 3 is 2.61 bits per heavy atom. The van der Waals surface area contributed by atoms with Crippen molar-refractivity contribution < 1.29 is 17.9 Å². The number of rotatable bonds is 8. The highest BCUT2D eigenvalue weighted by atomic mass is 19.4. The normalized spacial score (nSPS) is 12.7. The van der Waals surface area contributed by atoms with Crippen LogP contribution in [0.2, 0.25) is 0 Å². The molecule has 0 saturated heterocycles. The van der Waals surface area contributed by atoms with Crippen LogP contribution in [-0.4, -0.2) is 49.2 Å². The van der Waals surface area contributed by atoms with Crippen LogP contribution in [0.4, 0.5) is 13.2 Å². The number of halogens is 3. The van der Waals surface area contributed by atoms with Crippen molar-refractivity contribution in [1.82, 2.24) is 29.4 Å². The van der Waals surface area contributed by atoms with E-state index in [9.17, 15) is 18.0 Å². The van der Waals surface area contributed by atoms with Crippen LogP contribution >= 0.6 is 0 Å². The number of nitrogens with two attached hydrogens (primary N) is 1. The first-order valence-electron chi connectivity index (χ1n) is 11.7. The zero-order valence-corrected chi connectivity index (χ0v) is 21.0. The monoisotopic (exact) mass is 525 g/mol. The van der Waals surface area contributed by atoms with Crippen molar-refractivity contribution in [3.8, 4) is 17.3 Å². The van der Waals surface area contributed by atoms with Crippen LogP contribution in [0.3, 0.4) is 0 Å². The van der Waals surface area contributed by atoms with Gasteiger partial charge in [0.2, 0.25) is 5.88 Å². The predicted octanol–water partition coefficient (Wildman–Crippen LogP) is 4.28. The minimum absolute atomic E-state index is 0.211. The fraction of sp³-hybridized carbons (Fsp3) is 0.231. The molecule has 0 amide bonds. The van der Waals surface area contributed by atoms with Gasteiger partial charge in [0.25, 0.3) is 0 Å². The summed E-state index contributed by atoms with van der Waals surface area (Å²) < 4.78 is 45.6. The van der Waals surface area contributed by atoms with Crippen LogP contribution in [0.5, 0.6) is 5.88 Å². The number of ether oxygens (including phenoxy) is 1. The number of allylic oxidation sites excluding steroid dienone is 2. The van der Waals surface area contributed by atoms with E-state index in [1.807, 2.05) is 6.92 Å². The maximum atomic E-state index is 12.8.